The molecule has 1 aromatic heterocycles. The van der Waals surface area contributed by atoms with Gasteiger partial charge < -0.3 is 4.74 Å². The van der Waals surface area contributed by atoms with E-state index in [0.29, 0.717) is 12.1 Å². The monoisotopic (exact) mass is 236 g/mol. The van der Waals surface area contributed by atoms with Gasteiger partial charge >= 0.3 is 0 Å². The molecule has 3 heteroatoms. The molecule has 0 amide bonds. The first-order chi connectivity index (χ1) is 8.06. The van der Waals surface area contributed by atoms with Crippen molar-refractivity contribution in [2.24, 2.45) is 11.8 Å². The van der Waals surface area contributed by atoms with Crippen LogP contribution in [-0.4, -0.2) is 15.9 Å². The van der Waals surface area contributed by atoms with Crippen LogP contribution in [-0.2, 0) is 0 Å². The number of nitrogens with zero attached hydrogens (tertiary/aromatic N) is 2. The summed E-state index contributed by atoms with van der Waals surface area (Å²) in [6.07, 6.45) is 7.86. The molecule has 0 bridgehead atoms. The van der Waals surface area contributed by atoms with Gasteiger partial charge in [0.1, 0.15) is 0 Å². The second kappa shape index (κ2) is 5.11. The lowest BCUT2D eigenvalue weighted by Gasteiger charge is -2.31. The third-order valence-electron chi connectivity index (χ3n) is 3.96. The van der Waals surface area contributed by atoms with Gasteiger partial charge in [-0.25, -0.2) is 0 Å². The molecule has 0 N–H and O–H groups in total. The highest BCUT2D eigenvalue weighted by Crippen LogP contribution is 2.31. The van der Waals surface area contributed by atoms with Crippen LogP contribution < -0.4 is 4.74 Å². The molecule has 1 saturated carbocycles. The van der Waals surface area contributed by atoms with Crippen molar-refractivity contribution in [2.45, 2.75) is 59.1 Å². The molecule has 3 unspecified atom stereocenters. The molecule has 3 nitrogen and oxygen atoms in total. The molecule has 1 aromatic rings. The van der Waals surface area contributed by atoms with E-state index in [4.69, 9.17) is 4.74 Å². The minimum Gasteiger partial charge on any atom is -0.487 e. The van der Waals surface area contributed by atoms with Crippen LogP contribution in [0, 0.1) is 11.8 Å². The van der Waals surface area contributed by atoms with Crippen LogP contribution in [0.1, 0.15) is 53.0 Å². The van der Waals surface area contributed by atoms with Crippen LogP contribution in [0.25, 0.3) is 0 Å². The van der Waals surface area contributed by atoms with Gasteiger partial charge in [-0.1, -0.05) is 13.8 Å². The quantitative estimate of drug-likeness (QED) is 0.800. The van der Waals surface area contributed by atoms with Gasteiger partial charge in [0.2, 0.25) is 0 Å². The zero-order valence-electron chi connectivity index (χ0n) is 11.4. The molecule has 1 heterocycles. The Balaban J connectivity index is 1.92. The fourth-order valence-corrected chi connectivity index (χ4v) is 2.46. The van der Waals surface area contributed by atoms with E-state index in [0.717, 1.165) is 17.6 Å². The summed E-state index contributed by atoms with van der Waals surface area (Å²) >= 11 is 0. The Hall–Kier alpha value is -0.990. The van der Waals surface area contributed by atoms with Crippen LogP contribution in [0.5, 0.6) is 5.75 Å². The van der Waals surface area contributed by atoms with Crippen molar-refractivity contribution in [2.75, 3.05) is 0 Å². The average molecular weight is 236 g/mol. The number of rotatable bonds is 3. The molecule has 0 saturated heterocycles. The lowest BCUT2D eigenvalue weighted by molar-refractivity contribution is 0.100. The molecule has 0 radical (unpaired) electrons. The predicted octanol–water partition coefficient (Wildman–Crippen LogP) is 3.67. The van der Waals surface area contributed by atoms with E-state index in [1.165, 1.54) is 19.3 Å². The standard InChI is InChI=1S/C14H24N2O/c1-10(2)16-9-14(8-15-16)17-13-6-5-11(3)12(4)7-13/h8-13H,5-7H2,1-4H3. The van der Waals surface area contributed by atoms with E-state index in [2.05, 4.69) is 32.8 Å². The van der Waals surface area contributed by atoms with Crippen molar-refractivity contribution < 1.29 is 4.74 Å². The van der Waals surface area contributed by atoms with Gasteiger partial charge in [-0.05, 0) is 44.9 Å². The number of hydrogen-bond acceptors (Lipinski definition) is 2. The Morgan fingerprint density at radius 2 is 2.06 bits per heavy atom. The summed E-state index contributed by atoms with van der Waals surface area (Å²) in [6.45, 7) is 8.93. The number of aromatic nitrogens is 2. The molecule has 3 atom stereocenters. The van der Waals surface area contributed by atoms with Crippen molar-refractivity contribution in [3.05, 3.63) is 12.4 Å². The zero-order valence-corrected chi connectivity index (χ0v) is 11.4. The van der Waals surface area contributed by atoms with Gasteiger partial charge in [0, 0.05) is 6.04 Å². The van der Waals surface area contributed by atoms with Gasteiger partial charge in [-0.3, -0.25) is 4.68 Å². The normalized spacial score (nSPS) is 29.6. The molecule has 0 spiro atoms. The number of hydrogen-bond donors (Lipinski definition) is 0. The highest BCUT2D eigenvalue weighted by molar-refractivity contribution is 5.12. The van der Waals surface area contributed by atoms with Crippen LogP contribution >= 0.6 is 0 Å². The molecule has 2 rings (SSSR count). The van der Waals surface area contributed by atoms with Gasteiger partial charge in [-0.2, -0.15) is 5.10 Å². The maximum atomic E-state index is 6.02. The van der Waals surface area contributed by atoms with E-state index in [9.17, 15) is 0 Å². The molecule has 1 aliphatic carbocycles. The van der Waals surface area contributed by atoms with Gasteiger partial charge in [-0.15, -0.1) is 0 Å². The minimum absolute atomic E-state index is 0.381. The van der Waals surface area contributed by atoms with Gasteiger partial charge in [0.25, 0.3) is 0 Å². The predicted molar refractivity (Wildman–Crippen MR) is 69.2 cm³/mol. The first-order valence-corrected chi connectivity index (χ1v) is 6.77. The van der Waals surface area contributed by atoms with Crippen LogP contribution in [0.4, 0.5) is 0 Å². The van der Waals surface area contributed by atoms with E-state index in [1.807, 2.05) is 17.1 Å². The van der Waals surface area contributed by atoms with Crippen molar-refractivity contribution in [1.29, 1.82) is 0 Å². The van der Waals surface area contributed by atoms with Crippen LogP contribution in [0.3, 0.4) is 0 Å². The summed E-state index contributed by atoms with van der Waals surface area (Å²) in [5.74, 6) is 2.53. The molecule has 17 heavy (non-hydrogen) atoms. The Morgan fingerprint density at radius 3 is 2.65 bits per heavy atom. The fourth-order valence-electron chi connectivity index (χ4n) is 2.46. The highest BCUT2D eigenvalue weighted by Gasteiger charge is 2.25. The summed E-state index contributed by atoms with van der Waals surface area (Å²) < 4.78 is 7.97. The third-order valence-corrected chi connectivity index (χ3v) is 3.96. The molecular formula is C14H24N2O. The largest absolute Gasteiger partial charge is 0.487 e. The Kier molecular flexibility index (Phi) is 3.75. The summed E-state index contributed by atoms with van der Waals surface area (Å²) in [7, 11) is 0. The van der Waals surface area contributed by atoms with Crippen molar-refractivity contribution in [1.82, 2.24) is 9.78 Å². The second-order valence-electron chi connectivity index (χ2n) is 5.76. The SMILES string of the molecule is CC1CCC(Oc2cnn(C(C)C)c2)CC1C. The Labute approximate surface area is 104 Å². The van der Waals surface area contributed by atoms with Crippen molar-refractivity contribution in [3.63, 3.8) is 0 Å². The Bertz CT molecular complexity index is 359. The van der Waals surface area contributed by atoms with E-state index < -0.39 is 0 Å². The third kappa shape index (κ3) is 3.02. The first kappa shape index (κ1) is 12.5. The zero-order chi connectivity index (χ0) is 12.4. The maximum Gasteiger partial charge on any atom is 0.157 e. The van der Waals surface area contributed by atoms with E-state index >= 15 is 0 Å². The molecule has 96 valence electrons. The minimum atomic E-state index is 0.381. The fraction of sp³-hybridized carbons (Fsp3) is 0.786. The summed E-state index contributed by atoms with van der Waals surface area (Å²) in [5.41, 5.74) is 0. The van der Waals surface area contributed by atoms with Crippen LogP contribution in [0.15, 0.2) is 12.4 Å². The second-order valence-corrected chi connectivity index (χ2v) is 5.76. The summed E-state index contributed by atoms with van der Waals surface area (Å²) in [4.78, 5) is 0. The maximum absolute atomic E-state index is 6.02. The van der Waals surface area contributed by atoms with Crippen molar-refractivity contribution in [3.8, 4) is 5.75 Å². The molecule has 1 fully saturated rings. The average Bonchev–Trinajstić information content (AvgIpc) is 2.72. The molecule has 1 aliphatic rings. The molecule has 0 aliphatic heterocycles. The highest BCUT2D eigenvalue weighted by atomic mass is 16.5. The molecular weight excluding hydrogens is 212 g/mol. The van der Waals surface area contributed by atoms with Gasteiger partial charge in [0.15, 0.2) is 5.75 Å². The van der Waals surface area contributed by atoms with E-state index in [1.54, 1.807) is 0 Å². The summed E-state index contributed by atoms with van der Waals surface area (Å²) in [5, 5.41) is 4.31. The Morgan fingerprint density at radius 1 is 1.29 bits per heavy atom. The summed E-state index contributed by atoms with van der Waals surface area (Å²) in [6, 6.07) is 0.401. The number of ether oxygens (including phenoxy) is 1. The van der Waals surface area contributed by atoms with E-state index in [-0.39, 0.29) is 0 Å². The van der Waals surface area contributed by atoms with Crippen molar-refractivity contribution >= 4 is 0 Å². The lowest BCUT2D eigenvalue weighted by atomic mass is 9.80. The topological polar surface area (TPSA) is 27.1 Å². The first-order valence-electron chi connectivity index (χ1n) is 6.77. The smallest absolute Gasteiger partial charge is 0.157 e. The lowest BCUT2D eigenvalue weighted by Crippen LogP contribution is -2.28. The molecule has 0 aromatic carbocycles. The van der Waals surface area contributed by atoms with Crippen LogP contribution in [0.2, 0.25) is 0 Å². The van der Waals surface area contributed by atoms with Gasteiger partial charge in [0.05, 0.1) is 18.5 Å².